The summed E-state index contributed by atoms with van der Waals surface area (Å²) in [6.45, 7) is 11.2. The number of carbonyl (C=O) groups is 1. The molecule has 2 aromatic rings. The summed E-state index contributed by atoms with van der Waals surface area (Å²) in [6.07, 6.45) is 3.65. The maximum atomic E-state index is 12.7. The first-order valence-corrected chi connectivity index (χ1v) is 12.2. The minimum absolute atomic E-state index is 0.145. The highest BCUT2D eigenvalue weighted by atomic mass is 16.6. The Morgan fingerprint density at radius 3 is 2.53 bits per heavy atom. The Labute approximate surface area is 201 Å². The van der Waals surface area contributed by atoms with Crippen molar-refractivity contribution in [3.8, 4) is 5.75 Å². The predicted octanol–water partition coefficient (Wildman–Crippen LogP) is 4.61. The van der Waals surface area contributed by atoms with E-state index >= 15 is 0 Å². The van der Waals surface area contributed by atoms with Crippen LogP contribution in [0.2, 0.25) is 0 Å². The van der Waals surface area contributed by atoms with Crippen molar-refractivity contribution in [2.75, 3.05) is 19.6 Å². The average molecular weight is 469 g/mol. The molecule has 2 aliphatic heterocycles. The van der Waals surface area contributed by atoms with Crippen LogP contribution in [0.5, 0.6) is 5.75 Å². The van der Waals surface area contributed by atoms with Gasteiger partial charge in [0, 0.05) is 32.2 Å². The largest absolute Gasteiger partial charge is 0.483 e. The summed E-state index contributed by atoms with van der Waals surface area (Å²) in [5, 5.41) is 0. The van der Waals surface area contributed by atoms with Crippen LogP contribution in [0.4, 0.5) is 4.79 Å². The van der Waals surface area contributed by atoms with E-state index in [-0.39, 0.29) is 29.3 Å². The second-order valence-corrected chi connectivity index (χ2v) is 10.4. The Balaban J connectivity index is 1.28. The summed E-state index contributed by atoms with van der Waals surface area (Å²) in [4.78, 5) is 29.0. The first kappa shape index (κ1) is 24.3. The van der Waals surface area contributed by atoms with Crippen molar-refractivity contribution in [3.63, 3.8) is 0 Å². The van der Waals surface area contributed by atoms with Gasteiger partial charge < -0.3 is 18.8 Å². The topological polar surface area (TPSA) is 72.2 Å². The van der Waals surface area contributed by atoms with Gasteiger partial charge in [-0.15, -0.1) is 0 Å². The lowest BCUT2D eigenvalue weighted by Gasteiger charge is -2.35. The molecule has 0 radical (unpaired) electrons. The molecule has 0 spiro atoms. The molecule has 7 heteroatoms. The molecule has 1 saturated heterocycles. The third kappa shape index (κ3) is 6.20. The molecule has 34 heavy (non-hydrogen) atoms. The highest BCUT2D eigenvalue weighted by Gasteiger charge is 2.30. The molecule has 4 rings (SSSR count). The fourth-order valence-corrected chi connectivity index (χ4v) is 4.69. The van der Waals surface area contributed by atoms with Crippen LogP contribution in [0, 0.1) is 5.92 Å². The van der Waals surface area contributed by atoms with E-state index < -0.39 is 5.60 Å². The van der Waals surface area contributed by atoms with Crippen LogP contribution in [0.1, 0.15) is 57.4 Å². The maximum absolute atomic E-state index is 12.7. The summed E-state index contributed by atoms with van der Waals surface area (Å²) in [5.74, 6) is 1.15. The molecule has 1 amide bonds. The number of fused-ring (bicyclic) bond motifs is 1. The molecule has 1 fully saturated rings. The highest BCUT2D eigenvalue weighted by Crippen LogP contribution is 2.25. The molecule has 0 aliphatic carbocycles. The van der Waals surface area contributed by atoms with Crippen LogP contribution in [-0.2, 0) is 24.2 Å². The fraction of sp³-hybridized carbons (Fsp3) is 0.556. The van der Waals surface area contributed by atoms with Gasteiger partial charge in [0.1, 0.15) is 17.6 Å². The number of piperidine rings is 1. The van der Waals surface area contributed by atoms with Gasteiger partial charge in [-0.25, -0.2) is 4.79 Å². The first-order valence-electron chi connectivity index (χ1n) is 12.2. The number of hydrogen-bond acceptors (Lipinski definition) is 6. The highest BCUT2D eigenvalue weighted by molar-refractivity contribution is 5.68. The molecule has 0 saturated carbocycles. The lowest BCUT2D eigenvalue weighted by Crippen LogP contribution is -2.44. The van der Waals surface area contributed by atoms with Crippen molar-refractivity contribution in [2.24, 2.45) is 5.92 Å². The molecule has 184 valence electrons. The van der Waals surface area contributed by atoms with Crippen LogP contribution in [-0.4, -0.2) is 47.2 Å². The van der Waals surface area contributed by atoms with Gasteiger partial charge in [0.05, 0.1) is 12.6 Å². The quantitative estimate of drug-likeness (QED) is 0.638. The molecular weight excluding hydrogens is 432 g/mol. The fourth-order valence-electron chi connectivity index (χ4n) is 4.69. The third-order valence-corrected chi connectivity index (χ3v) is 6.61. The molecule has 1 unspecified atom stereocenters. The SMILES string of the molecule is CC(Oc1coc(CN2CCc3ccccc3C2)cc1=O)C1CCN(C(=O)OC(C)(C)C)CC1. The van der Waals surface area contributed by atoms with Crippen LogP contribution < -0.4 is 10.2 Å². The van der Waals surface area contributed by atoms with E-state index in [9.17, 15) is 9.59 Å². The molecule has 7 nitrogen and oxygen atoms in total. The Hall–Kier alpha value is -2.80. The van der Waals surface area contributed by atoms with Crippen molar-refractivity contribution in [1.29, 1.82) is 0 Å². The molecule has 1 aromatic heterocycles. The Morgan fingerprint density at radius 1 is 1.15 bits per heavy atom. The Morgan fingerprint density at radius 2 is 1.85 bits per heavy atom. The summed E-state index contributed by atoms with van der Waals surface area (Å²) < 4.78 is 17.2. The minimum atomic E-state index is -0.497. The van der Waals surface area contributed by atoms with E-state index in [4.69, 9.17) is 13.9 Å². The second-order valence-electron chi connectivity index (χ2n) is 10.4. The molecule has 1 atom stereocenters. The van der Waals surface area contributed by atoms with Gasteiger partial charge in [0.2, 0.25) is 11.2 Å². The number of benzene rings is 1. The number of rotatable bonds is 5. The third-order valence-electron chi connectivity index (χ3n) is 6.61. The van der Waals surface area contributed by atoms with Crippen molar-refractivity contribution in [2.45, 2.75) is 71.8 Å². The number of amides is 1. The van der Waals surface area contributed by atoms with E-state index in [1.165, 1.54) is 17.4 Å². The van der Waals surface area contributed by atoms with E-state index in [0.29, 0.717) is 25.4 Å². The summed E-state index contributed by atoms with van der Waals surface area (Å²) in [5.41, 5.74) is 2.08. The van der Waals surface area contributed by atoms with Gasteiger partial charge in [0.25, 0.3) is 0 Å². The zero-order valence-electron chi connectivity index (χ0n) is 20.7. The number of ether oxygens (including phenoxy) is 2. The molecule has 1 aromatic carbocycles. The van der Waals surface area contributed by atoms with Crippen LogP contribution in [0.15, 0.2) is 45.8 Å². The molecule has 3 heterocycles. The van der Waals surface area contributed by atoms with Crippen molar-refractivity contribution < 1.29 is 18.7 Å². The Bertz CT molecular complexity index is 1050. The molecular formula is C27H36N2O5. The monoisotopic (exact) mass is 468 g/mol. The number of carbonyl (C=O) groups excluding carboxylic acids is 1. The van der Waals surface area contributed by atoms with E-state index in [0.717, 1.165) is 32.4 Å². The molecule has 2 aliphatic rings. The molecule has 0 N–H and O–H groups in total. The van der Waals surface area contributed by atoms with Gasteiger partial charge in [-0.3, -0.25) is 9.69 Å². The van der Waals surface area contributed by atoms with Gasteiger partial charge in [-0.2, -0.15) is 0 Å². The number of hydrogen-bond donors (Lipinski definition) is 0. The summed E-state index contributed by atoms with van der Waals surface area (Å²) in [7, 11) is 0. The van der Waals surface area contributed by atoms with E-state index in [1.54, 1.807) is 11.0 Å². The zero-order valence-corrected chi connectivity index (χ0v) is 20.7. The Kier molecular flexibility index (Phi) is 7.31. The van der Waals surface area contributed by atoms with Crippen LogP contribution in [0.25, 0.3) is 0 Å². The average Bonchev–Trinajstić information content (AvgIpc) is 2.80. The van der Waals surface area contributed by atoms with Gasteiger partial charge in [0.15, 0.2) is 0 Å². The van der Waals surface area contributed by atoms with Crippen molar-refractivity contribution in [3.05, 3.63) is 63.7 Å². The smallest absolute Gasteiger partial charge is 0.410 e. The summed E-state index contributed by atoms with van der Waals surface area (Å²) in [6, 6.07) is 10.0. The van der Waals surface area contributed by atoms with E-state index in [1.807, 2.05) is 27.7 Å². The van der Waals surface area contributed by atoms with Crippen LogP contribution in [0.3, 0.4) is 0 Å². The number of likely N-dealkylation sites (tertiary alicyclic amines) is 1. The predicted molar refractivity (Wildman–Crippen MR) is 130 cm³/mol. The standard InChI is InChI=1S/C27H36N2O5/c1-19(20-10-13-29(14-11-20)26(31)34-27(2,3)4)33-25-18-32-23(15-24(25)30)17-28-12-9-21-7-5-6-8-22(21)16-28/h5-8,15,18-20H,9-14,16-17H2,1-4H3. The first-order chi connectivity index (χ1) is 16.2. The van der Waals surface area contributed by atoms with Crippen molar-refractivity contribution >= 4 is 6.09 Å². The lowest BCUT2D eigenvalue weighted by atomic mass is 9.92. The van der Waals surface area contributed by atoms with E-state index in [2.05, 4.69) is 29.2 Å². The van der Waals surface area contributed by atoms with Gasteiger partial charge in [-0.1, -0.05) is 24.3 Å². The second kappa shape index (κ2) is 10.2. The lowest BCUT2D eigenvalue weighted by molar-refractivity contribution is 0.0119. The number of nitrogens with zero attached hydrogens (tertiary/aromatic N) is 2. The van der Waals surface area contributed by atoms with Gasteiger partial charge in [-0.05, 0) is 64.0 Å². The maximum Gasteiger partial charge on any atom is 0.410 e. The minimum Gasteiger partial charge on any atom is -0.483 e. The summed E-state index contributed by atoms with van der Waals surface area (Å²) >= 11 is 0. The molecule has 0 bridgehead atoms. The van der Waals surface area contributed by atoms with Gasteiger partial charge >= 0.3 is 6.09 Å². The normalized spacial score (nSPS) is 18.3. The van der Waals surface area contributed by atoms with Crippen molar-refractivity contribution in [1.82, 2.24) is 9.80 Å². The van der Waals surface area contributed by atoms with Crippen LogP contribution >= 0.6 is 0 Å². The zero-order chi connectivity index (χ0) is 24.3.